The van der Waals surface area contributed by atoms with E-state index in [4.69, 9.17) is 0 Å². The number of para-hydroxylation sites is 1. The van der Waals surface area contributed by atoms with Gasteiger partial charge in [-0.05, 0) is 35.4 Å². The predicted molar refractivity (Wildman–Crippen MR) is 132 cm³/mol. The summed E-state index contributed by atoms with van der Waals surface area (Å²) < 4.78 is 0. The molecule has 182 valence electrons. The van der Waals surface area contributed by atoms with E-state index in [1.807, 2.05) is 12.1 Å². The number of aromatic nitrogens is 1. The summed E-state index contributed by atoms with van der Waals surface area (Å²) >= 11 is 0. The fourth-order valence-electron chi connectivity index (χ4n) is 4.62. The average molecular weight is 494 g/mol. The Balaban J connectivity index is 1.62. The molecule has 1 aliphatic carbocycles. The van der Waals surface area contributed by atoms with E-state index in [1.165, 1.54) is 30.3 Å². The van der Waals surface area contributed by atoms with E-state index in [0.29, 0.717) is 11.2 Å². The number of pyridine rings is 1. The van der Waals surface area contributed by atoms with Gasteiger partial charge < -0.3 is 15.5 Å². The third-order valence-corrected chi connectivity index (χ3v) is 6.14. The maximum atomic E-state index is 13.5. The first kappa shape index (κ1) is 23.6. The summed E-state index contributed by atoms with van der Waals surface area (Å²) in [5, 5.41) is 22.3. The predicted octanol–water partition coefficient (Wildman–Crippen LogP) is 3.52. The summed E-state index contributed by atoms with van der Waals surface area (Å²) in [5.74, 6) is -4.30. The van der Waals surface area contributed by atoms with E-state index in [9.17, 15) is 34.2 Å². The van der Waals surface area contributed by atoms with Crippen LogP contribution in [0.25, 0.3) is 10.9 Å². The molecule has 1 amide bonds. The van der Waals surface area contributed by atoms with Gasteiger partial charge in [-0.15, -0.1) is 0 Å². The van der Waals surface area contributed by atoms with Gasteiger partial charge in [0, 0.05) is 39.4 Å². The topological polar surface area (TPSA) is 151 Å². The minimum absolute atomic E-state index is 0.00535. The highest BCUT2D eigenvalue weighted by atomic mass is 16.4. The Morgan fingerprint density at radius 2 is 1.43 bits per heavy atom. The van der Waals surface area contributed by atoms with E-state index < -0.39 is 42.3 Å². The molecule has 0 aliphatic heterocycles. The second-order valence-electron chi connectivity index (χ2n) is 8.53. The number of carboxylic acids is 2. The highest BCUT2D eigenvalue weighted by molar-refractivity contribution is 6.30. The number of amides is 1. The number of carboxylic acid groups (broad SMARTS) is 2. The van der Waals surface area contributed by atoms with Gasteiger partial charge in [0.2, 0.25) is 0 Å². The van der Waals surface area contributed by atoms with E-state index >= 15 is 0 Å². The minimum atomic E-state index is -1.26. The van der Waals surface area contributed by atoms with E-state index in [-0.39, 0.29) is 38.9 Å². The van der Waals surface area contributed by atoms with Crippen LogP contribution in [0.2, 0.25) is 0 Å². The van der Waals surface area contributed by atoms with Crippen LogP contribution >= 0.6 is 0 Å². The molecule has 9 nitrogen and oxygen atoms in total. The van der Waals surface area contributed by atoms with Crippen molar-refractivity contribution in [1.82, 2.24) is 4.98 Å². The summed E-state index contributed by atoms with van der Waals surface area (Å²) in [7, 11) is 0. The minimum Gasteiger partial charge on any atom is -0.481 e. The van der Waals surface area contributed by atoms with Gasteiger partial charge in [-0.3, -0.25) is 29.0 Å². The molecule has 4 aromatic rings. The lowest BCUT2D eigenvalue weighted by Gasteiger charge is -2.23. The third-order valence-electron chi connectivity index (χ3n) is 6.14. The number of anilines is 1. The monoisotopic (exact) mass is 494 g/mol. The number of hydrogen-bond acceptors (Lipinski definition) is 6. The molecule has 0 fully saturated rings. The van der Waals surface area contributed by atoms with E-state index in [0.717, 1.165) is 5.39 Å². The Hall–Kier alpha value is -5.18. The lowest BCUT2D eigenvalue weighted by molar-refractivity contribution is -0.137. The van der Waals surface area contributed by atoms with Crippen LogP contribution in [-0.2, 0) is 22.4 Å². The van der Waals surface area contributed by atoms with Gasteiger partial charge in [-0.2, -0.15) is 0 Å². The van der Waals surface area contributed by atoms with Crippen molar-refractivity contribution in [3.63, 3.8) is 0 Å². The summed E-state index contributed by atoms with van der Waals surface area (Å²) in [5.41, 5.74) is 0.808. The van der Waals surface area contributed by atoms with Crippen molar-refractivity contribution in [1.29, 1.82) is 0 Å². The largest absolute Gasteiger partial charge is 0.481 e. The van der Waals surface area contributed by atoms with Crippen molar-refractivity contribution in [2.24, 2.45) is 0 Å². The Labute approximate surface area is 209 Å². The standard InChI is InChI=1S/C28H18N2O7/c31-21(32)12-15-5-1-7-18-23(15)27(36)24-16(13-22(33)34)10-17(11-19(24)26(18)35)28(37)30-20-8-2-4-14-6-3-9-29-25(14)20/h1-11H,12-13H2,(H,30,37)(H,31,32)(H,33,34). The molecule has 3 aromatic carbocycles. The molecule has 5 rings (SSSR count). The SMILES string of the molecule is O=C(O)Cc1cccc2c1C(=O)c1c(CC(=O)O)cc(C(=O)Nc3cccc4cccnc34)cc1C2=O. The molecule has 1 heterocycles. The molecular weight excluding hydrogens is 476 g/mol. The number of ketones is 2. The smallest absolute Gasteiger partial charge is 0.307 e. The second kappa shape index (κ2) is 9.12. The second-order valence-corrected chi connectivity index (χ2v) is 8.53. The number of benzene rings is 3. The van der Waals surface area contributed by atoms with Crippen LogP contribution in [0.4, 0.5) is 5.69 Å². The number of carbonyl (C=O) groups excluding carboxylic acids is 3. The highest BCUT2D eigenvalue weighted by Crippen LogP contribution is 2.33. The number of fused-ring (bicyclic) bond motifs is 3. The Bertz CT molecular complexity index is 1670. The van der Waals surface area contributed by atoms with Crippen LogP contribution in [0, 0.1) is 0 Å². The fourth-order valence-corrected chi connectivity index (χ4v) is 4.62. The lowest BCUT2D eigenvalue weighted by atomic mass is 9.78. The first-order valence-corrected chi connectivity index (χ1v) is 11.2. The van der Waals surface area contributed by atoms with Crippen molar-refractivity contribution < 1.29 is 34.2 Å². The zero-order valence-corrected chi connectivity index (χ0v) is 19.1. The van der Waals surface area contributed by atoms with Crippen LogP contribution in [0.15, 0.2) is 66.9 Å². The van der Waals surface area contributed by atoms with Crippen molar-refractivity contribution in [3.8, 4) is 0 Å². The number of nitrogens with zero attached hydrogens (tertiary/aromatic N) is 1. The van der Waals surface area contributed by atoms with E-state index in [1.54, 1.807) is 24.4 Å². The molecule has 1 aliphatic rings. The Morgan fingerprint density at radius 1 is 0.757 bits per heavy atom. The first-order valence-electron chi connectivity index (χ1n) is 11.2. The maximum Gasteiger partial charge on any atom is 0.307 e. The molecule has 0 radical (unpaired) electrons. The number of carbonyl (C=O) groups is 5. The summed E-state index contributed by atoms with van der Waals surface area (Å²) in [4.78, 5) is 67.5. The van der Waals surface area contributed by atoms with Gasteiger partial charge >= 0.3 is 11.9 Å². The van der Waals surface area contributed by atoms with Crippen LogP contribution in [-0.4, -0.2) is 44.6 Å². The van der Waals surface area contributed by atoms with Crippen LogP contribution in [0.3, 0.4) is 0 Å². The van der Waals surface area contributed by atoms with Gasteiger partial charge in [-0.25, -0.2) is 0 Å². The maximum absolute atomic E-state index is 13.5. The molecular formula is C28H18N2O7. The normalized spacial score (nSPS) is 12.1. The first-order chi connectivity index (χ1) is 17.7. The highest BCUT2D eigenvalue weighted by Gasteiger charge is 2.35. The Kier molecular flexibility index (Phi) is 5.81. The molecule has 0 unspecified atom stereocenters. The quantitative estimate of drug-likeness (QED) is 0.324. The molecule has 37 heavy (non-hydrogen) atoms. The molecule has 0 atom stereocenters. The number of rotatable bonds is 6. The zero-order chi connectivity index (χ0) is 26.3. The molecule has 0 saturated carbocycles. The molecule has 9 heteroatoms. The molecule has 3 N–H and O–H groups in total. The van der Waals surface area contributed by atoms with Gasteiger partial charge in [0.05, 0.1) is 24.0 Å². The van der Waals surface area contributed by atoms with Crippen molar-refractivity contribution in [2.75, 3.05) is 5.32 Å². The zero-order valence-electron chi connectivity index (χ0n) is 19.1. The van der Waals surface area contributed by atoms with Crippen LogP contribution in [0.1, 0.15) is 53.3 Å². The number of nitrogens with one attached hydrogen (secondary N) is 1. The Morgan fingerprint density at radius 3 is 2.19 bits per heavy atom. The number of aliphatic carboxylic acids is 2. The lowest BCUT2D eigenvalue weighted by Crippen LogP contribution is -2.27. The van der Waals surface area contributed by atoms with E-state index in [2.05, 4.69) is 10.3 Å². The van der Waals surface area contributed by atoms with Gasteiger partial charge in [0.1, 0.15) is 0 Å². The van der Waals surface area contributed by atoms with Crippen LogP contribution in [0.5, 0.6) is 0 Å². The number of hydrogen-bond donors (Lipinski definition) is 3. The molecule has 0 bridgehead atoms. The van der Waals surface area contributed by atoms with Crippen molar-refractivity contribution in [3.05, 3.63) is 106 Å². The van der Waals surface area contributed by atoms with Gasteiger partial charge in [-0.1, -0.05) is 36.4 Å². The summed E-state index contributed by atoms with van der Waals surface area (Å²) in [6, 6.07) is 15.7. The van der Waals surface area contributed by atoms with Crippen LogP contribution < -0.4 is 5.32 Å². The molecule has 1 aromatic heterocycles. The molecule has 0 spiro atoms. The fraction of sp³-hybridized carbons (Fsp3) is 0.0714. The average Bonchev–Trinajstić information content (AvgIpc) is 2.86. The molecule has 0 saturated heterocycles. The third kappa shape index (κ3) is 4.23. The van der Waals surface area contributed by atoms with Crippen molar-refractivity contribution >= 4 is 46.0 Å². The van der Waals surface area contributed by atoms with Gasteiger partial charge in [0.25, 0.3) is 5.91 Å². The van der Waals surface area contributed by atoms with Crippen molar-refractivity contribution in [2.45, 2.75) is 12.8 Å². The summed E-state index contributed by atoms with van der Waals surface area (Å²) in [6.07, 6.45) is 0.488. The van der Waals surface area contributed by atoms with Gasteiger partial charge in [0.15, 0.2) is 11.6 Å². The summed E-state index contributed by atoms with van der Waals surface area (Å²) in [6.45, 7) is 0.